The Labute approximate surface area is 142 Å². The molecule has 0 aliphatic heterocycles. The first-order chi connectivity index (χ1) is 10.6. The summed E-state index contributed by atoms with van der Waals surface area (Å²) in [6, 6.07) is 5.63. The van der Waals surface area contributed by atoms with Gasteiger partial charge in [-0.2, -0.15) is 0 Å². The van der Waals surface area contributed by atoms with E-state index in [1.54, 1.807) is 18.2 Å². The van der Waals surface area contributed by atoms with Gasteiger partial charge in [-0.1, -0.05) is 48.5 Å². The average molecular weight is 344 g/mol. The highest BCUT2D eigenvalue weighted by Crippen LogP contribution is 2.29. The molecule has 2 rings (SSSR count). The van der Waals surface area contributed by atoms with Crippen LogP contribution in [-0.4, -0.2) is 18.0 Å². The monoisotopic (exact) mass is 343 g/mol. The molecule has 122 valence electrons. The van der Waals surface area contributed by atoms with Gasteiger partial charge >= 0.3 is 0 Å². The van der Waals surface area contributed by atoms with Crippen molar-refractivity contribution < 1.29 is 10.1 Å². The third-order valence-electron chi connectivity index (χ3n) is 4.34. The zero-order valence-electron chi connectivity index (χ0n) is 13.1. The van der Waals surface area contributed by atoms with Gasteiger partial charge in [0, 0.05) is 0 Å². The van der Waals surface area contributed by atoms with Crippen LogP contribution in [0.5, 0.6) is 0 Å². The van der Waals surface area contributed by atoms with Gasteiger partial charge in [0.2, 0.25) is 0 Å². The minimum atomic E-state index is -0.142. The van der Waals surface area contributed by atoms with Crippen LogP contribution in [-0.2, 0) is 4.79 Å². The Morgan fingerprint density at radius 1 is 1.14 bits per heavy atom. The lowest BCUT2D eigenvalue weighted by atomic mass is 9.96. The molecule has 0 unspecified atom stereocenters. The van der Waals surface area contributed by atoms with Crippen LogP contribution < -0.4 is 10.6 Å². The van der Waals surface area contributed by atoms with Gasteiger partial charge in [0.15, 0.2) is 6.04 Å². The Morgan fingerprint density at radius 2 is 1.68 bits per heavy atom. The van der Waals surface area contributed by atoms with Crippen molar-refractivity contribution >= 4 is 34.8 Å². The largest absolute Gasteiger partial charge is 0.334 e. The summed E-state index contributed by atoms with van der Waals surface area (Å²) < 4.78 is 0. The van der Waals surface area contributed by atoms with Crippen molar-refractivity contribution in [3.05, 3.63) is 28.2 Å². The molecular weight excluding hydrogens is 319 g/mol. The van der Waals surface area contributed by atoms with Gasteiger partial charge < -0.3 is 10.6 Å². The van der Waals surface area contributed by atoms with Crippen LogP contribution >= 0.6 is 23.2 Å². The first-order valence-corrected chi connectivity index (χ1v) is 8.93. The normalized spacial score (nSPS) is 18.3. The molecule has 1 aromatic carbocycles. The summed E-state index contributed by atoms with van der Waals surface area (Å²) in [7, 11) is 0. The maximum Gasteiger partial charge on any atom is 0.282 e. The SMILES string of the molecule is C[C@@H]([NH2+]C1CCCCCCC1)C(=O)Nc1c(Cl)cccc1Cl. The topological polar surface area (TPSA) is 45.7 Å². The number of amides is 1. The van der Waals surface area contributed by atoms with Gasteiger partial charge in [0.25, 0.3) is 5.91 Å². The second-order valence-corrected chi connectivity index (χ2v) is 6.99. The summed E-state index contributed by atoms with van der Waals surface area (Å²) in [5, 5.41) is 6.00. The standard InChI is InChI=1S/C17H24Cl2N2O/c1-12(20-13-8-5-3-2-4-6-9-13)17(22)21-16-14(18)10-7-11-15(16)19/h7,10-13,20H,2-6,8-9H2,1H3,(H,21,22)/p+1/t12-/m1/s1. The van der Waals surface area contributed by atoms with Crippen molar-refractivity contribution in [2.45, 2.75) is 64.0 Å². The molecule has 1 fully saturated rings. The molecular formula is C17H25Cl2N2O+. The highest BCUT2D eigenvalue weighted by molar-refractivity contribution is 6.39. The molecule has 0 heterocycles. The van der Waals surface area contributed by atoms with E-state index in [-0.39, 0.29) is 11.9 Å². The number of carbonyl (C=O) groups is 1. The Morgan fingerprint density at radius 3 is 2.27 bits per heavy atom. The van der Waals surface area contributed by atoms with E-state index >= 15 is 0 Å². The van der Waals surface area contributed by atoms with Crippen LogP contribution in [0, 0.1) is 0 Å². The van der Waals surface area contributed by atoms with Gasteiger partial charge in [-0.15, -0.1) is 0 Å². The van der Waals surface area contributed by atoms with Crippen LogP contribution in [0.4, 0.5) is 5.69 Å². The lowest BCUT2D eigenvalue weighted by Gasteiger charge is -2.22. The maximum atomic E-state index is 12.4. The highest BCUT2D eigenvalue weighted by atomic mass is 35.5. The lowest BCUT2D eigenvalue weighted by Crippen LogP contribution is -2.96. The molecule has 0 radical (unpaired) electrons. The zero-order valence-corrected chi connectivity index (χ0v) is 14.6. The predicted molar refractivity (Wildman–Crippen MR) is 92.6 cm³/mol. The summed E-state index contributed by atoms with van der Waals surface area (Å²) in [4.78, 5) is 12.4. The van der Waals surface area contributed by atoms with Crippen molar-refractivity contribution in [1.29, 1.82) is 0 Å². The summed E-state index contributed by atoms with van der Waals surface area (Å²) in [5.41, 5.74) is 0.508. The number of carbonyl (C=O) groups excluding carboxylic acids is 1. The predicted octanol–water partition coefficient (Wildman–Crippen LogP) is 4.00. The molecule has 22 heavy (non-hydrogen) atoms. The molecule has 1 atom stereocenters. The van der Waals surface area contributed by atoms with Crippen molar-refractivity contribution in [2.75, 3.05) is 5.32 Å². The van der Waals surface area contributed by atoms with Crippen molar-refractivity contribution in [2.24, 2.45) is 0 Å². The summed E-state index contributed by atoms with van der Waals surface area (Å²) in [6.07, 6.45) is 8.93. The molecule has 1 amide bonds. The van der Waals surface area contributed by atoms with Crippen LogP contribution in [0.3, 0.4) is 0 Å². The van der Waals surface area contributed by atoms with E-state index in [1.807, 2.05) is 6.92 Å². The molecule has 3 N–H and O–H groups in total. The van der Waals surface area contributed by atoms with Crippen molar-refractivity contribution in [3.63, 3.8) is 0 Å². The van der Waals surface area contributed by atoms with Gasteiger partial charge in [-0.3, -0.25) is 4.79 Å². The number of hydrogen-bond donors (Lipinski definition) is 2. The molecule has 0 aromatic heterocycles. The van der Waals surface area contributed by atoms with E-state index in [0.29, 0.717) is 21.8 Å². The van der Waals surface area contributed by atoms with Crippen LogP contribution in [0.1, 0.15) is 51.9 Å². The number of nitrogens with one attached hydrogen (secondary N) is 1. The van der Waals surface area contributed by atoms with E-state index in [2.05, 4.69) is 10.6 Å². The number of halogens is 2. The molecule has 1 aromatic rings. The quantitative estimate of drug-likeness (QED) is 0.852. The van der Waals surface area contributed by atoms with E-state index in [1.165, 1.54) is 44.9 Å². The third-order valence-corrected chi connectivity index (χ3v) is 4.97. The fourth-order valence-electron chi connectivity index (χ4n) is 3.03. The fourth-order valence-corrected chi connectivity index (χ4v) is 3.52. The molecule has 0 saturated heterocycles. The minimum absolute atomic E-state index is 0.0444. The molecule has 3 nitrogen and oxygen atoms in total. The number of nitrogens with two attached hydrogens (primary N) is 1. The first-order valence-electron chi connectivity index (χ1n) is 8.18. The smallest absolute Gasteiger partial charge is 0.282 e. The second kappa shape index (κ2) is 8.76. The fraction of sp³-hybridized carbons (Fsp3) is 0.588. The van der Waals surface area contributed by atoms with Gasteiger partial charge in [0.05, 0.1) is 21.8 Å². The second-order valence-electron chi connectivity index (χ2n) is 6.17. The molecule has 0 spiro atoms. The number of benzene rings is 1. The molecule has 5 heteroatoms. The van der Waals surface area contributed by atoms with E-state index in [4.69, 9.17) is 23.2 Å². The van der Waals surface area contributed by atoms with Crippen molar-refractivity contribution in [3.8, 4) is 0 Å². The van der Waals surface area contributed by atoms with Crippen LogP contribution in [0.2, 0.25) is 10.0 Å². The van der Waals surface area contributed by atoms with Crippen molar-refractivity contribution in [1.82, 2.24) is 0 Å². The molecule has 1 saturated carbocycles. The number of quaternary nitrogens is 1. The Hall–Kier alpha value is -0.770. The van der Waals surface area contributed by atoms with E-state index in [9.17, 15) is 4.79 Å². The number of anilines is 1. The van der Waals surface area contributed by atoms with E-state index in [0.717, 1.165) is 0 Å². The van der Waals surface area contributed by atoms with Crippen LogP contribution in [0.15, 0.2) is 18.2 Å². The van der Waals surface area contributed by atoms with Crippen LogP contribution in [0.25, 0.3) is 0 Å². The van der Waals surface area contributed by atoms with E-state index < -0.39 is 0 Å². The number of rotatable bonds is 4. The average Bonchev–Trinajstić information content (AvgIpc) is 2.45. The summed E-state index contributed by atoms with van der Waals surface area (Å²) in [5.74, 6) is -0.0444. The lowest BCUT2D eigenvalue weighted by molar-refractivity contribution is -0.707. The maximum absolute atomic E-state index is 12.4. The Balaban J connectivity index is 1.91. The molecule has 0 bridgehead atoms. The van der Waals surface area contributed by atoms with Gasteiger partial charge in [0.1, 0.15) is 0 Å². The van der Waals surface area contributed by atoms with Gasteiger partial charge in [-0.25, -0.2) is 0 Å². The molecule has 1 aliphatic carbocycles. The molecule has 1 aliphatic rings. The summed E-state index contributed by atoms with van der Waals surface area (Å²) in [6.45, 7) is 1.94. The first kappa shape index (κ1) is 17.6. The summed E-state index contributed by atoms with van der Waals surface area (Å²) >= 11 is 12.2. The Bertz CT molecular complexity index is 479. The van der Waals surface area contributed by atoms with Gasteiger partial charge in [-0.05, 0) is 44.7 Å². The zero-order chi connectivity index (χ0) is 15.9. The third kappa shape index (κ3) is 5.15. The number of para-hydroxylation sites is 1. The highest BCUT2D eigenvalue weighted by Gasteiger charge is 2.23. The minimum Gasteiger partial charge on any atom is -0.334 e. The Kier molecular flexibility index (Phi) is 7.00. The number of hydrogen-bond acceptors (Lipinski definition) is 1.